The third kappa shape index (κ3) is 4.19. The van der Waals surface area contributed by atoms with Gasteiger partial charge in [0.05, 0.1) is 0 Å². The molecule has 0 spiro atoms. The number of halogens is 2. The molecule has 8 nitrogen and oxygen atoms in total. The molecule has 2 aliphatic heterocycles. The number of carbonyl (C=O) groups excluding carboxylic acids is 4. The second-order valence-corrected chi connectivity index (χ2v) is 7.83. The molecule has 10 heteroatoms. The number of nitrogens with one attached hydrogen (secondary N) is 2. The average molecular weight is 425 g/mol. The molecule has 2 N–H and O–H groups in total. The summed E-state index contributed by atoms with van der Waals surface area (Å²) in [4.78, 5) is 51.5. The SMILES string of the molecule is CC(=O)N1CCC(NC(=O)CN2C(=O)NC(C)(c3ccc(F)cc3Cl)C2=O)CC1. The molecule has 2 saturated heterocycles. The van der Waals surface area contributed by atoms with Crippen LogP contribution >= 0.6 is 11.6 Å². The number of piperidine rings is 1. The number of hydrogen-bond donors (Lipinski definition) is 2. The standard InChI is InChI=1S/C19H22ClFN4O4/c1-11(26)24-7-5-13(6-8-24)22-16(27)10-25-17(28)19(2,23-18(25)29)14-4-3-12(21)9-15(14)20/h3-4,9,13H,5-8,10H2,1-2H3,(H,22,27)(H,23,29). The van der Waals surface area contributed by atoms with Gasteiger partial charge in [-0.1, -0.05) is 17.7 Å². The van der Waals surface area contributed by atoms with Crippen molar-refractivity contribution in [2.24, 2.45) is 0 Å². The van der Waals surface area contributed by atoms with Crippen LogP contribution in [0.5, 0.6) is 0 Å². The summed E-state index contributed by atoms with van der Waals surface area (Å²) in [5.41, 5.74) is -1.24. The van der Waals surface area contributed by atoms with Crippen LogP contribution in [-0.4, -0.2) is 59.2 Å². The number of urea groups is 1. The molecule has 0 saturated carbocycles. The zero-order valence-corrected chi connectivity index (χ0v) is 16.9. The predicted molar refractivity (Wildman–Crippen MR) is 102 cm³/mol. The van der Waals surface area contributed by atoms with Crippen molar-refractivity contribution in [2.75, 3.05) is 19.6 Å². The monoisotopic (exact) mass is 424 g/mol. The summed E-state index contributed by atoms with van der Waals surface area (Å²) >= 11 is 6.06. The first-order valence-electron chi connectivity index (χ1n) is 9.26. The molecule has 2 fully saturated rings. The molecule has 5 amide bonds. The lowest BCUT2D eigenvalue weighted by Crippen LogP contribution is -2.49. The van der Waals surface area contributed by atoms with E-state index < -0.39 is 35.7 Å². The van der Waals surface area contributed by atoms with Gasteiger partial charge in [0, 0.05) is 36.6 Å². The highest BCUT2D eigenvalue weighted by atomic mass is 35.5. The Kier molecular flexibility index (Phi) is 5.79. The highest BCUT2D eigenvalue weighted by molar-refractivity contribution is 6.32. The minimum Gasteiger partial charge on any atom is -0.352 e. The lowest BCUT2D eigenvalue weighted by molar-refractivity contribution is -0.135. The molecule has 0 aromatic heterocycles. The van der Waals surface area contributed by atoms with Crippen LogP contribution in [0, 0.1) is 5.82 Å². The van der Waals surface area contributed by atoms with Gasteiger partial charge in [-0.3, -0.25) is 19.3 Å². The fourth-order valence-corrected chi connectivity index (χ4v) is 4.03. The molecule has 1 aromatic rings. The molecule has 156 valence electrons. The molecule has 1 aromatic carbocycles. The van der Waals surface area contributed by atoms with Gasteiger partial charge < -0.3 is 15.5 Å². The molecule has 0 aliphatic carbocycles. The predicted octanol–water partition coefficient (Wildman–Crippen LogP) is 1.37. The van der Waals surface area contributed by atoms with Crippen molar-refractivity contribution in [1.82, 2.24) is 20.4 Å². The van der Waals surface area contributed by atoms with Crippen molar-refractivity contribution in [2.45, 2.75) is 38.3 Å². The fraction of sp³-hybridized carbons (Fsp3) is 0.474. The van der Waals surface area contributed by atoms with E-state index in [1.807, 2.05) is 0 Å². The van der Waals surface area contributed by atoms with Crippen LogP contribution in [0.25, 0.3) is 0 Å². The molecule has 0 radical (unpaired) electrons. The Balaban J connectivity index is 1.64. The molecule has 2 heterocycles. The van der Waals surface area contributed by atoms with E-state index in [1.54, 1.807) is 4.90 Å². The van der Waals surface area contributed by atoms with Crippen molar-refractivity contribution in [3.63, 3.8) is 0 Å². The van der Waals surface area contributed by atoms with E-state index >= 15 is 0 Å². The highest BCUT2D eigenvalue weighted by Crippen LogP contribution is 2.33. The van der Waals surface area contributed by atoms with Crippen LogP contribution in [0.3, 0.4) is 0 Å². The summed E-state index contributed by atoms with van der Waals surface area (Å²) < 4.78 is 13.3. The molecule has 0 bridgehead atoms. The number of amides is 5. The van der Waals surface area contributed by atoms with E-state index in [0.29, 0.717) is 25.9 Å². The van der Waals surface area contributed by atoms with Gasteiger partial charge in [-0.05, 0) is 31.9 Å². The van der Waals surface area contributed by atoms with Crippen LogP contribution in [-0.2, 0) is 19.9 Å². The quantitative estimate of drug-likeness (QED) is 0.713. The lowest BCUT2D eigenvalue weighted by Gasteiger charge is -2.32. The smallest absolute Gasteiger partial charge is 0.325 e. The Morgan fingerprint density at radius 1 is 1.31 bits per heavy atom. The van der Waals surface area contributed by atoms with Crippen LogP contribution in [0.1, 0.15) is 32.3 Å². The largest absolute Gasteiger partial charge is 0.352 e. The number of imide groups is 1. The van der Waals surface area contributed by atoms with Gasteiger partial charge in [0.2, 0.25) is 11.8 Å². The van der Waals surface area contributed by atoms with E-state index in [9.17, 15) is 23.6 Å². The zero-order chi connectivity index (χ0) is 21.3. The third-order valence-electron chi connectivity index (χ3n) is 5.35. The van der Waals surface area contributed by atoms with Crippen molar-refractivity contribution >= 4 is 35.4 Å². The number of benzene rings is 1. The van der Waals surface area contributed by atoms with Crippen molar-refractivity contribution in [1.29, 1.82) is 0 Å². The molecule has 1 atom stereocenters. The summed E-state index contributed by atoms with van der Waals surface area (Å²) in [6.07, 6.45) is 1.21. The Hall–Kier alpha value is -2.68. The average Bonchev–Trinajstić information content (AvgIpc) is 2.85. The topological polar surface area (TPSA) is 98.8 Å². The van der Waals surface area contributed by atoms with E-state index in [0.717, 1.165) is 17.0 Å². The van der Waals surface area contributed by atoms with E-state index in [1.165, 1.54) is 19.9 Å². The number of hydrogen-bond acceptors (Lipinski definition) is 4. The second kappa shape index (κ2) is 7.98. The summed E-state index contributed by atoms with van der Waals surface area (Å²) in [5.74, 6) is -1.68. The lowest BCUT2D eigenvalue weighted by atomic mass is 9.92. The maximum absolute atomic E-state index is 13.3. The second-order valence-electron chi connectivity index (χ2n) is 7.42. The minimum atomic E-state index is -1.49. The van der Waals surface area contributed by atoms with Crippen molar-refractivity contribution in [3.05, 3.63) is 34.6 Å². The Morgan fingerprint density at radius 3 is 2.55 bits per heavy atom. The van der Waals surface area contributed by atoms with E-state index in [-0.39, 0.29) is 22.5 Å². The molecule has 3 rings (SSSR count). The van der Waals surface area contributed by atoms with Crippen LogP contribution in [0.15, 0.2) is 18.2 Å². The van der Waals surface area contributed by atoms with E-state index in [2.05, 4.69) is 10.6 Å². The van der Waals surface area contributed by atoms with E-state index in [4.69, 9.17) is 11.6 Å². The van der Waals surface area contributed by atoms with Gasteiger partial charge in [-0.25, -0.2) is 9.18 Å². The number of likely N-dealkylation sites (tertiary alicyclic amines) is 1. The number of carbonyl (C=O) groups is 4. The minimum absolute atomic E-state index is 0.00434. The van der Waals surface area contributed by atoms with Gasteiger partial charge in [-0.2, -0.15) is 0 Å². The number of rotatable bonds is 4. The molecular weight excluding hydrogens is 403 g/mol. The first-order valence-corrected chi connectivity index (χ1v) is 9.64. The van der Waals surface area contributed by atoms with Crippen LogP contribution in [0.2, 0.25) is 5.02 Å². The zero-order valence-electron chi connectivity index (χ0n) is 16.1. The summed E-state index contributed by atoms with van der Waals surface area (Å²) in [6.45, 7) is 3.61. The summed E-state index contributed by atoms with van der Waals surface area (Å²) in [7, 11) is 0. The van der Waals surface area contributed by atoms with Gasteiger partial charge in [0.1, 0.15) is 17.9 Å². The Bertz CT molecular complexity index is 872. The van der Waals surface area contributed by atoms with Gasteiger partial charge in [0.15, 0.2) is 0 Å². The maximum atomic E-state index is 13.3. The van der Waals surface area contributed by atoms with Crippen molar-refractivity contribution < 1.29 is 23.6 Å². The molecule has 2 aliphatic rings. The first kappa shape index (κ1) is 21.0. The molecule has 29 heavy (non-hydrogen) atoms. The van der Waals surface area contributed by atoms with Crippen LogP contribution < -0.4 is 10.6 Å². The molecule has 1 unspecified atom stereocenters. The Labute approximate surface area is 172 Å². The first-order chi connectivity index (χ1) is 13.6. The Morgan fingerprint density at radius 2 is 1.97 bits per heavy atom. The summed E-state index contributed by atoms with van der Waals surface area (Å²) in [6, 6.07) is 2.69. The van der Waals surface area contributed by atoms with Crippen LogP contribution in [0.4, 0.5) is 9.18 Å². The maximum Gasteiger partial charge on any atom is 0.325 e. The highest BCUT2D eigenvalue weighted by Gasteiger charge is 2.50. The van der Waals surface area contributed by atoms with Gasteiger partial charge in [0.25, 0.3) is 5.91 Å². The fourth-order valence-electron chi connectivity index (χ4n) is 3.67. The molecular formula is C19H22ClFN4O4. The third-order valence-corrected chi connectivity index (χ3v) is 5.66. The van der Waals surface area contributed by atoms with Crippen molar-refractivity contribution in [3.8, 4) is 0 Å². The van der Waals surface area contributed by atoms with Gasteiger partial charge in [-0.15, -0.1) is 0 Å². The summed E-state index contributed by atoms with van der Waals surface area (Å²) in [5, 5.41) is 5.35. The normalized spacial score (nSPS) is 22.6. The number of nitrogens with zero attached hydrogens (tertiary/aromatic N) is 2. The van der Waals surface area contributed by atoms with Gasteiger partial charge >= 0.3 is 6.03 Å².